The van der Waals surface area contributed by atoms with Crippen LogP contribution in [0.15, 0.2) is 0 Å². The van der Waals surface area contributed by atoms with E-state index in [1.54, 1.807) is 180 Å². The summed E-state index contributed by atoms with van der Waals surface area (Å²) in [7, 11) is 0. The van der Waals surface area contributed by atoms with Crippen molar-refractivity contribution in [2.45, 2.75) is 353 Å². The molecule has 0 radical (unpaired) electrons. The van der Waals surface area contributed by atoms with Gasteiger partial charge in [-0.3, -0.25) is 0 Å². The zero-order valence-corrected chi connectivity index (χ0v) is 42.4. The second-order valence-electron chi connectivity index (χ2n) is 27.0. The van der Waals surface area contributed by atoms with Crippen molar-refractivity contribution >= 4 is 0 Å². The Kier molecular flexibility index (Phi) is 18.2. The fraction of sp³-hybridized carbons (Fsp3) is 1.00. The van der Waals surface area contributed by atoms with Gasteiger partial charge < -0.3 is 0 Å². The molecule has 14 aliphatic carbocycles. The summed E-state index contributed by atoms with van der Waals surface area (Å²) in [5.74, 6) is 0. The Bertz CT molecular complexity index is 1130. The molecule has 0 nitrogen and oxygen atoms in total. The van der Waals surface area contributed by atoms with Gasteiger partial charge in [-0.25, -0.2) is 0 Å². The van der Waals surface area contributed by atoms with Crippen LogP contribution in [0.2, 0.25) is 0 Å². The van der Waals surface area contributed by atoms with Crippen LogP contribution in [0.5, 0.6) is 0 Å². The van der Waals surface area contributed by atoms with Crippen LogP contribution in [0.1, 0.15) is 353 Å². The summed E-state index contributed by atoms with van der Waals surface area (Å²) in [6.07, 6.45) is 84.9. The number of rotatable bonds is 0. The molecule has 14 rings (SSSR count). The molecule has 14 saturated carbocycles. The highest BCUT2D eigenvalue weighted by Crippen LogP contribution is 2.57. The summed E-state index contributed by atoms with van der Waals surface area (Å²) >= 11 is 0. The van der Waals surface area contributed by atoms with Gasteiger partial charge in [0.2, 0.25) is 0 Å². The minimum absolute atomic E-state index is 0.858. The molecule has 0 amide bonds. The summed E-state index contributed by atoms with van der Waals surface area (Å²) in [6, 6.07) is 0. The van der Waals surface area contributed by atoms with Crippen molar-refractivity contribution in [2.24, 2.45) is 37.9 Å². The van der Waals surface area contributed by atoms with Crippen molar-refractivity contribution in [1.29, 1.82) is 0 Å². The molecule has 0 aromatic carbocycles. The van der Waals surface area contributed by atoms with Crippen molar-refractivity contribution in [3.05, 3.63) is 0 Å². The Labute approximate surface area is 389 Å². The summed E-state index contributed by atoms with van der Waals surface area (Å²) in [4.78, 5) is 0. The normalized spacial score (nSPS) is 32.1. The summed E-state index contributed by atoms with van der Waals surface area (Å²) in [6.45, 7) is 0. The minimum atomic E-state index is 0.858. The van der Waals surface area contributed by atoms with E-state index in [0.717, 1.165) is 37.9 Å². The van der Waals surface area contributed by atoms with Gasteiger partial charge >= 0.3 is 0 Å². The number of hydrogen-bond acceptors (Lipinski definition) is 0. The second-order valence-corrected chi connectivity index (χ2v) is 27.0. The van der Waals surface area contributed by atoms with E-state index in [9.17, 15) is 0 Å². The number of hydrogen-bond donors (Lipinski definition) is 0. The van der Waals surface area contributed by atoms with E-state index in [1.165, 1.54) is 173 Å². The minimum Gasteiger partial charge on any atom is -0.0533 e. The first-order chi connectivity index (χ1) is 30.4. The molecule has 0 atom stereocenters. The van der Waals surface area contributed by atoms with Gasteiger partial charge in [-0.2, -0.15) is 0 Å². The lowest BCUT2D eigenvalue weighted by atomic mass is 9.56. The predicted molar refractivity (Wildman–Crippen MR) is 271 cm³/mol. The largest absolute Gasteiger partial charge is 0.0533 e. The fourth-order valence-corrected chi connectivity index (χ4v) is 17.4. The van der Waals surface area contributed by atoms with E-state index in [1.807, 2.05) is 0 Å². The van der Waals surface area contributed by atoms with E-state index >= 15 is 0 Å². The van der Waals surface area contributed by atoms with Gasteiger partial charge in [0, 0.05) is 0 Å². The zero-order chi connectivity index (χ0) is 42.4. The molecular formula is C62H110. The van der Waals surface area contributed by atoms with E-state index in [4.69, 9.17) is 0 Å². The molecule has 7 spiro atoms. The average Bonchev–Trinajstić information content (AvgIpc) is 3.86. The quantitative estimate of drug-likeness (QED) is 0.228. The molecule has 0 aromatic rings. The first-order valence-corrected chi connectivity index (χ1v) is 30.4. The van der Waals surface area contributed by atoms with Gasteiger partial charge in [-0.05, 0) is 218 Å². The molecule has 358 valence electrons. The van der Waals surface area contributed by atoms with Crippen molar-refractivity contribution in [3.8, 4) is 0 Å². The molecule has 0 heteroatoms. The van der Waals surface area contributed by atoms with E-state index in [0.29, 0.717) is 0 Å². The molecule has 0 heterocycles. The molecule has 0 unspecified atom stereocenters. The van der Waals surface area contributed by atoms with Gasteiger partial charge in [-0.15, -0.1) is 0 Å². The lowest BCUT2D eigenvalue weighted by molar-refractivity contribution is 0.0314. The maximum Gasteiger partial charge on any atom is -0.0297 e. The molecule has 14 fully saturated rings. The standard InChI is InChI=1S/C11H20.C10H18.2C9H16.2C8H14.C7H12/c1-3-7-11(8-4-1)9-5-2-6-10-11;1-2-6-10(7-3-1)8-4-5-9-10;1-2-6-9(5-1)7-3-4-8-9;1-2-5-9(6-3-1)7-4-8-9;1-2-5-8(4-1)6-3-7-8;1-2-4-8(5-3-1)6-7-8;1-3-7(4-1)5-2-6-7/h1-10H2;1-9H2;2*1-8H2;2*1-7H2;1-6H2. The first kappa shape index (κ1) is 48.5. The van der Waals surface area contributed by atoms with Gasteiger partial charge in [-0.1, -0.05) is 173 Å². The molecule has 0 N–H and O–H groups in total. The highest BCUT2D eigenvalue weighted by molar-refractivity contribution is 4.96. The molecule has 0 saturated heterocycles. The maximum atomic E-state index is 1.56. The van der Waals surface area contributed by atoms with Crippen molar-refractivity contribution in [1.82, 2.24) is 0 Å². The zero-order valence-electron chi connectivity index (χ0n) is 42.4. The Morgan fingerprint density at radius 3 is 0.274 bits per heavy atom. The average molecular weight is 856 g/mol. The van der Waals surface area contributed by atoms with Crippen LogP contribution in [0, 0.1) is 37.9 Å². The topological polar surface area (TPSA) is 0 Å². The highest BCUT2D eigenvalue weighted by Gasteiger charge is 2.43. The predicted octanol–water partition coefficient (Wildman–Crippen LogP) is 21.5. The third kappa shape index (κ3) is 13.8. The first-order valence-electron chi connectivity index (χ1n) is 30.4. The molecule has 0 aliphatic heterocycles. The summed E-state index contributed by atoms with van der Waals surface area (Å²) in [5.41, 5.74) is 6.31. The van der Waals surface area contributed by atoms with Crippen LogP contribution in [-0.2, 0) is 0 Å². The van der Waals surface area contributed by atoms with Crippen LogP contribution in [-0.4, -0.2) is 0 Å². The van der Waals surface area contributed by atoms with Crippen LogP contribution >= 0.6 is 0 Å². The monoisotopic (exact) mass is 855 g/mol. The van der Waals surface area contributed by atoms with Crippen molar-refractivity contribution in [2.75, 3.05) is 0 Å². The fourth-order valence-electron chi connectivity index (χ4n) is 17.4. The Morgan fingerprint density at radius 2 is 0.177 bits per heavy atom. The summed E-state index contributed by atoms with van der Waals surface area (Å²) < 4.78 is 0. The lowest BCUT2D eigenvalue weighted by Crippen LogP contribution is -2.35. The van der Waals surface area contributed by atoms with Gasteiger partial charge in [0.05, 0.1) is 0 Å². The third-order valence-corrected chi connectivity index (χ3v) is 22.8. The lowest BCUT2D eigenvalue weighted by Gasteiger charge is -2.49. The molecule has 0 bridgehead atoms. The van der Waals surface area contributed by atoms with Crippen LogP contribution in [0.4, 0.5) is 0 Å². The Hall–Kier alpha value is 0. The maximum absolute atomic E-state index is 1.56. The molecule has 0 aromatic heterocycles. The van der Waals surface area contributed by atoms with Crippen LogP contribution in [0.25, 0.3) is 0 Å². The van der Waals surface area contributed by atoms with Crippen molar-refractivity contribution in [3.63, 3.8) is 0 Å². The Morgan fingerprint density at radius 1 is 0.0806 bits per heavy atom. The second kappa shape index (κ2) is 23.3. The molecule has 62 heavy (non-hydrogen) atoms. The van der Waals surface area contributed by atoms with E-state index < -0.39 is 0 Å². The SMILES string of the molecule is C1CC2(C1)CCC2.C1CCC2(C1)CCC2.C1CCC2(C1)CCCC2.C1CCC2(CC1)CC2.C1CCC2(CC1)CCC2.C1CCC2(CC1)CCCC2.C1CCC2(CC1)CCCCC2. The van der Waals surface area contributed by atoms with Gasteiger partial charge in [0.15, 0.2) is 0 Å². The highest BCUT2D eigenvalue weighted by atomic mass is 14.5. The van der Waals surface area contributed by atoms with E-state index in [2.05, 4.69) is 0 Å². The van der Waals surface area contributed by atoms with Crippen molar-refractivity contribution < 1.29 is 0 Å². The van der Waals surface area contributed by atoms with Gasteiger partial charge in [0.25, 0.3) is 0 Å². The smallest absolute Gasteiger partial charge is 0.0297 e. The van der Waals surface area contributed by atoms with Crippen LogP contribution in [0.3, 0.4) is 0 Å². The Balaban J connectivity index is 0.0000000999. The molecule has 14 aliphatic rings. The van der Waals surface area contributed by atoms with Crippen LogP contribution < -0.4 is 0 Å². The van der Waals surface area contributed by atoms with Gasteiger partial charge in [0.1, 0.15) is 0 Å². The van der Waals surface area contributed by atoms with E-state index in [-0.39, 0.29) is 0 Å². The molecular weight excluding hydrogens is 745 g/mol. The summed E-state index contributed by atoms with van der Waals surface area (Å²) in [5, 5.41) is 0. The third-order valence-electron chi connectivity index (χ3n) is 22.8.